The second kappa shape index (κ2) is 6.50. The maximum Gasteiger partial charge on any atom is 0.416 e. The number of amides is 1. The van der Waals surface area contributed by atoms with Crippen molar-refractivity contribution in [3.8, 4) is 0 Å². The number of alkyl halides is 3. The van der Waals surface area contributed by atoms with Gasteiger partial charge in [0.05, 0.1) is 21.5 Å². The van der Waals surface area contributed by atoms with E-state index in [9.17, 15) is 18.0 Å². The molecule has 2 aromatic rings. The summed E-state index contributed by atoms with van der Waals surface area (Å²) >= 11 is 7.84. The summed E-state index contributed by atoms with van der Waals surface area (Å²) in [6.45, 7) is 0.262. The van der Waals surface area contributed by atoms with Gasteiger partial charge in [-0.15, -0.1) is 11.3 Å². The molecule has 2 rings (SSSR count). The lowest BCUT2D eigenvalue weighted by Crippen LogP contribution is -2.23. The molecular formula is C13H8Br2F3NOS. The van der Waals surface area contributed by atoms with Crippen LogP contribution in [0.5, 0.6) is 0 Å². The van der Waals surface area contributed by atoms with Gasteiger partial charge in [0.15, 0.2) is 0 Å². The van der Waals surface area contributed by atoms with E-state index in [0.29, 0.717) is 4.47 Å². The SMILES string of the molecule is O=C(NCc1ccc(Br)s1)c1cc(C(F)(F)F)ccc1Br. The van der Waals surface area contributed by atoms with Gasteiger partial charge in [-0.2, -0.15) is 13.2 Å². The van der Waals surface area contributed by atoms with Crippen LogP contribution in [0, 0.1) is 0 Å². The highest BCUT2D eigenvalue weighted by Gasteiger charge is 2.31. The summed E-state index contributed by atoms with van der Waals surface area (Å²) in [5, 5.41) is 2.60. The maximum absolute atomic E-state index is 12.7. The summed E-state index contributed by atoms with van der Waals surface area (Å²) < 4.78 is 39.2. The maximum atomic E-state index is 12.7. The van der Waals surface area contributed by atoms with Gasteiger partial charge in [-0.05, 0) is 62.2 Å². The summed E-state index contributed by atoms with van der Waals surface area (Å²) in [5.74, 6) is -0.558. The molecule has 21 heavy (non-hydrogen) atoms. The Morgan fingerprint density at radius 3 is 2.48 bits per heavy atom. The number of thiophene rings is 1. The molecule has 0 saturated heterocycles. The van der Waals surface area contributed by atoms with Crippen molar-refractivity contribution in [1.82, 2.24) is 5.32 Å². The smallest absolute Gasteiger partial charge is 0.347 e. The Morgan fingerprint density at radius 2 is 1.90 bits per heavy atom. The van der Waals surface area contributed by atoms with Crippen molar-refractivity contribution in [2.24, 2.45) is 0 Å². The van der Waals surface area contributed by atoms with E-state index in [1.807, 2.05) is 12.1 Å². The van der Waals surface area contributed by atoms with E-state index >= 15 is 0 Å². The van der Waals surface area contributed by atoms with Crippen molar-refractivity contribution < 1.29 is 18.0 Å². The van der Waals surface area contributed by atoms with Crippen molar-refractivity contribution >= 4 is 49.1 Å². The first-order valence-electron chi connectivity index (χ1n) is 5.66. The second-order valence-electron chi connectivity index (χ2n) is 4.08. The Labute approximate surface area is 139 Å². The molecular weight excluding hydrogens is 435 g/mol. The monoisotopic (exact) mass is 441 g/mol. The third kappa shape index (κ3) is 4.31. The minimum absolute atomic E-state index is 0.0413. The van der Waals surface area contributed by atoms with Gasteiger partial charge in [-0.1, -0.05) is 0 Å². The van der Waals surface area contributed by atoms with E-state index in [0.717, 1.165) is 20.8 Å². The van der Waals surface area contributed by atoms with Crippen LogP contribution in [0.1, 0.15) is 20.8 Å². The van der Waals surface area contributed by atoms with Crippen LogP contribution in [-0.4, -0.2) is 5.91 Å². The van der Waals surface area contributed by atoms with Gasteiger partial charge in [0.2, 0.25) is 0 Å². The van der Waals surface area contributed by atoms with Crippen LogP contribution in [0.3, 0.4) is 0 Å². The summed E-state index contributed by atoms with van der Waals surface area (Å²) in [4.78, 5) is 12.9. The van der Waals surface area contributed by atoms with Gasteiger partial charge in [-0.25, -0.2) is 0 Å². The van der Waals surface area contributed by atoms with Crippen LogP contribution in [0.25, 0.3) is 0 Å². The highest BCUT2D eigenvalue weighted by Crippen LogP contribution is 2.32. The number of carbonyl (C=O) groups is 1. The molecule has 1 heterocycles. The molecule has 1 aromatic carbocycles. The third-order valence-electron chi connectivity index (χ3n) is 2.59. The van der Waals surface area contributed by atoms with Gasteiger partial charge in [-0.3, -0.25) is 4.79 Å². The Morgan fingerprint density at radius 1 is 1.19 bits per heavy atom. The zero-order chi connectivity index (χ0) is 15.6. The first-order valence-corrected chi connectivity index (χ1v) is 8.07. The molecule has 0 aliphatic rings. The number of nitrogens with one attached hydrogen (secondary N) is 1. The van der Waals surface area contributed by atoms with E-state index in [1.165, 1.54) is 17.4 Å². The van der Waals surface area contributed by atoms with Crippen molar-refractivity contribution in [3.05, 3.63) is 54.6 Å². The van der Waals surface area contributed by atoms with E-state index in [-0.39, 0.29) is 12.1 Å². The van der Waals surface area contributed by atoms with Crippen LogP contribution < -0.4 is 5.32 Å². The summed E-state index contributed by atoms with van der Waals surface area (Å²) in [6, 6.07) is 6.66. The fourth-order valence-corrected chi connectivity index (χ4v) is 3.43. The lowest BCUT2D eigenvalue weighted by Gasteiger charge is -2.10. The minimum Gasteiger partial charge on any atom is -0.347 e. The van der Waals surface area contributed by atoms with Crippen LogP contribution in [-0.2, 0) is 12.7 Å². The van der Waals surface area contributed by atoms with Crippen molar-refractivity contribution in [2.45, 2.75) is 12.7 Å². The molecule has 0 saturated carbocycles. The van der Waals surface area contributed by atoms with E-state index in [1.54, 1.807) is 0 Å². The number of rotatable bonds is 3. The van der Waals surface area contributed by atoms with Gasteiger partial charge in [0.1, 0.15) is 0 Å². The average molecular weight is 443 g/mol. The third-order valence-corrected chi connectivity index (χ3v) is 4.91. The quantitative estimate of drug-likeness (QED) is 0.693. The fourth-order valence-electron chi connectivity index (χ4n) is 1.58. The number of hydrogen-bond donors (Lipinski definition) is 1. The Bertz CT molecular complexity index is 670. The van der Waals surface area contributed by atoms with Gasteiger partial charge in [0.25, 0.3) is 5.91 Å². The Kier molecular flexibility index (Phi) is 5.11. The largest absolute Gasteiger partial charge is 0.416 e. The summed E-state index contributed by atoms with van der Waals surface area (Å²) in [7, 11) is 0. The number of benzene rings is 1. The van der Waals surface area contributed by atoms with E-state index in [2.05, 4.69) is 37.2 Å². The molecule has 0 aliphatic heterocycles. The summed E-state index contributed by atoms with van der Waals surface area (Å²) in [5.41, 5.74) is -0.893. The van der Waals surface area contributed by atoms with Gasteiger partial charge < -0.3 is 5.32 Å². The van der Waals surface area contributed by atoms with Gasteiger partial charge >= 0.3 is 6.18 Å². The van der Waals surface area contributed by atoms with Crippen LogP contribution >= 0.6 is 43.2 Å². The number of carbonyl (C=O) groups excluding carboxylic acids is 1. The number of halogens is 5. The molecule has 1 amide bonds. The first kappa shape index (κ1) is 16.5. The molecule has 0 aliphatic carbocycles. The molecule has 0 spiro atoms. The predicted octanol–water partition coefficient (Wildman–Crippen LogP) is 5.22. The molecule has 0 bridgehead atoms. The average Bonchev–Trinajstić information content (AvgIpc) is 2.81. The molecule has 0 fully saturated rings. The van der Waals surface area contributed by atoms with Crippen molar-refractivity contribution in [2.75, 3.05) is 0 Å². The predicted molar refractivity (Wildman–Crippen MR) is 82.3 cm³/mol. The Hall–Kier alpha value is -0.860. The van der Waals surface area contributed by atoms with Crippen LogP contribution in [0.15, 0.2) is 38.6 Å². The van der Waals surface area contributed by atoms with Gasteiger partial charge in [0, 0.05) is 9.35 Å². The van der Waals surface area contributed by atoms with E-state index < -0.39 is 17.6 Å². The van der Waals surface area contributed by atoms with Crippen molar-refractivity contribution in [1.29, 1.82) is 0 Å². The first-order chi connectivity index (χ1) is 9.77. The molecule has 0 atom stereocenters. The lowest BCUT2D eigenvalue weighted by atomic mass is 10.1. The highest BCUT2D eigenvalue weighted by atomic mass is 79.9. The molecule has 1 N–H and O–H groups in total. The molecule has 0 unspecified atom stereocenters. The molecule has 112 valence electrons. The zero-order valence-corrected chi connectivity index (χ0v) is 14.3. The fraction of sp³-hybridized carbons (Fsp3) is 0.154. The van der Waals surface area contributed by atoms with Crippen molar-refractivity contribution in [3.63, 3.8) is 0 Å². The molecule has 8 heteroatoms. The normalized spacial score (nSPS) is 11.5. The van der Waals surface area contributed by atoms with Crippen LogP contribution in [0.2, 0.25) is 0 Å². The van der Waals surface area contributed by atoms with Crippen LogP contribution in [0.4, 0.5) is 13.2 Å². The minimum atomic E-state index is -4.48. The standard InChI is InChI=1S/C13H8Br2F3NOS/c14-10-3-1-7(13(16,17)18)5-9(10)12(20)19-6-8-2-4-11(15)21-8/h1-5H,6H2,(H,19,20). The van der Waals surface area contributed by atoms with E-state index in [4.69, 9.17) is 0 Å². The zero-order valence-electron chi connectivity index (χ0n) is 10.3. The molecule has 2 nitrogen and oxygen atoms in total. The topological polar surface area (TPSA) is 29.1 Å². The Balaban J connectivity index is 2.15. The molecule has 0 radical (unpaired) electrons. The number of hydrogen-bond acceptors (Lipinski definition) is 2. The molecule has 1 aromatic heterocycles. The lowest BCUT2D eigenvalue weighted by molar-refractivity contribution is -0.137. The second-order valence-corrected chi connectivity index (χ2v) is 7.48. The summed E-state index contributed by atoms with van der Waals surface area (Å²) in [6.07, 6.45) is -4.48. The highest BCUT2D eigenvalue weighted by molar-refractivity contribution is 9.11.